The second-order valence-electron chi connectivity index (χ2n) is 5.42. The minimum Gasteiger partial charge on any atom is -0.456 e. The number of amides is 3. The van der Waals surface area contributed by atoms with Gasteiger partial charge in [-0.25, -0.2) is 4.79 Å². The van der Waals surface area contributed by atoms with Crippen LogP contribution < -0.4 is 10.6 Å². The molecule has 0 unspecified atom stereocenters. The lowest BCUT2D eigenvalue weighted by atomic mass is 10.1. The number of Topliss-reactive ketones (excluding diaryl/α,β-unsaturated/α-hetero) is 1. The van der Waals surface area contributed by atoms with Crippen LogP contribution in [0, 0.1) is 0 Å². The SMILES string of the molecule is CC[C@@H](C)NC(=O)NC(=O)COC(=O)CCC(=O)c1ccc(Br)cc1. The van der Waals surface area contributed by atoms with E-state index < -0.39 is 24.5 Å². The van der Waals surface area contributed by atoms with Crippen LogP contribution >= 0.6 is 15.9 Å². The van der Waals surface area contributed by atoms with E-state index >= 15 is 0 Å². The molecule has 2 N–H and O–H groups in total. The summed E-state index contributed by atoms with van der Waals surface area (Å²) in [6.45, 7) is 3.12. The lowest BCUT2D eigenvalue weighted by Crippen LogP contribution is -2.44. The van der Waals surface area contributed by atoms with Crippen LogP contribution in [0.25, 0.3) is 0 Å². The Bertz CT molecular complexity index is 630. The van der Waals surface area contributed by atoms with Crippen LogP contribution in [0.5, 0.6) is 0 Å². The molecule has 0 heterocycles. The van der Waals surface area contributed by atoms with Gasteiger partial charge in [0.15, 0.2) is 12.4 Å². The molecule has 1 aromatic carbocycles. The van der Waals surface area contributed by atoms with Crippen LogP contribution in [0.2, 0.25) is 0 Å². The standard InChI is InChI=1S/C17H21BrN2O5/c1-3-11(2)19-17(24)20-15(22)10-25-16(23)9-8-14(21)12-4-6-13(18)7-5-12/h4-7,11H,3,8-10H2,1-2H3,(H2,19,20,22,24)/t11-/m1/s1. The van der Waals surface area contributed by atoms with Crippen LogP contribution in [0.15, 0.2) is 28.7 Å². The van der Waals surface area contributed by atoms with E-state index in [0.29, 0.717) is 5.56 Å². The number of nitrogens with one attached hydrogen (secondary N) is 2. The van der Waals surface area contributed by atoms with E-state index in [2.05, 4.69) is 26.6 Å². The molecule has 3 amide bonds. The summed E-state index contributed by atoms with van der Waals surface area (Å²) in [5.74, 6) is -1.60. The highest BCUT2D eigenvalue weighted by Gasteiger charge is 2.14. The number of hydrogen-bond acceptors (Lipinski definition) is 5. The molecule has 0 aliphatic heterocycles. The zero-order valence-corrected chi connectivity index (χ0v) is 15.7. The molecule has 0 saturated heterocycles. The normalized spacial score (nSPS) is 11.3. The Labute approximate surface area is 154 Å². The van der Waals surface area contributed by atoms with E-state index in [4.69, 9.17) is 4.74 Å². The largest absolute Gasteiger partial charge is 0.456 e. The zero-order valence-electron chi connectivity index (χ0n) is 14.1. The van der Waals surface area contributed by atoms with Crippen molar-refractivity contribution in [1.82, 2.24) is 10.6 Å². The predicted molar refractivity (Wildman–Crippen MR) is 95.1 cm³/mol. The van der Waals surface area contributed by atoms with Crippen LogP contribution in [0.3, 0.4) is 0 Å². The molecule has 0 saturated carbocycles. The van der Waals surface area contributed by atoms with Gasteiger partial charge in [0.2, 0.25) is 0 Å². The van der Waals surface area contributed by atoms with Crippen LogP contribution in [0.1, 0.15) is 43.5 Å². The Hall–Kier alpha value is -2.22. The minimum atomic E-state index is -0.728. The average molecular weight is 413 g/mol. The third-order valence-electron chi connectivity index (χ3n) is 3.33. The topological polar surface area (TPSA) is 102 Å². The Morgan fingerprint density at radius 3 is 2.36 bits per heavy atom. The monoisotopic (exact) mass is 412 g/mol. The number of esters is 1. The Kier molecular flexibility index (Phi) is 8.83. The molecule has 1 atom stereocenters. The zero-order chi connectivity index (χ0) is 18.8. The van der Waals surface area contributed by atoms with E-state index in [0.717, 1.165) is 10.9 Å². The van der Waals surface area contributed by atoms with Gasteiger partial charge in [0.25, 0.3) is 5.91 Å². The first-order valence-corrected chi connectivity index (χ1v) is 8.65. The molecule has 0 spiro atoms. The van der Waals surface area contributed by atoms with Crippen LogP contribution in [0.4, 0.5) is 4.79 Å². The number of hydrogen-bond donors (Lipinski definition) is 2. The third-order valence-corrected chi connectivity index (χ3v) is 3.86. The summed E-state index contributed by atoms with van der Waals surface area (Å²) in [7, 11) is 0. The van der Waals surface area contributed by atoms with Gasteiger partial charge < -0.3 is 10.1 Å². The second kappa shape index (κ2) is 10.6. The van der Waals surface area contributed by atoms with Crippen molar-refractivity contribution in [2.24, 2.45) is 0 Å². The number of carbonyl (C=O) groups excluding carboxylic acids is 4. The number of benzene rings is 1. The number of imide groups is 1. The van der Waals surface area contributed by atoms with Gasteiger partial charge in [-0.3, -0.25) is 19.7 Å². The predicted octanol–water partition coefficient (Wildman–Crippen LogP) is 2.58. The second-order valence-corrected chi connectivity index (χ2v) is 6.34. The summed E-state index contributed by atoms with van der Waals surface area (Å²) in [4.78, 5) is 46.4. The van der Waals surface area contributed by atoms with Gasteiger partial charge in [-0.05, 0) is 25.5 Å². The molecular formula is C17H21BrN2O5. The van der Waals surface area contributed by atoms with Crippen molar-refractivity contribution >= 4 is 39.6 Å². The van der Waals surface area contributed by atoms with Gasteiger partial charge in [0.05, 0.1) is 6.42 Å². The summed E-state index contributed by atoms with van der Waals surface area (Å²) in [6.07, 6.45) is 0.570. The first-order chi connectivity index (χ1) is 11.8. The maximum absolute atomic E-state index is 11.9. The van der Waals surface area contributed by atoms with E-state index in [1.807, 2.05) is 6.92 Å². The van der Waals surface area contributed by atoms with Crippen molar-refractivity contribution in [2.75, 3.05) is 6.61 Å². The first-order valence-electron chi connectivity index (χ1n) is 7.86. The number of ether oxygens (including phenoxy) is 1. The molecule has 0 aliphatic carbocycles. The molecule has 0 bridgehead atoms. The Morgan fingerprint density at radius 2 is 1.76 bits per heavy atom. The molecule has 0 aromatic heterocycles. The summed E-state index contributed by atoms with van der Waals surface area (Å²) in [6, 6.07) is 6.07. The molecular weight excluding hydrogens is 392 g/mol. The highest BCUT2D eigenvalue weighted by molar-refractivity contribution is 9.10. The Balaban J connectivity index is 2.28. The van der Waals surface area contributed by atoms with E-state index in [-0.39, 0.29) is 24.7 Å². The summed E-state index contributed by atoms with van der Waals surface area (Å²) in [5.41, 5.74) is 0.496. The van der Waals surface area contributed by atoms with Crippen molar-refractivity contribution in [2.45, 2.75) is 39.2 Å². The molecule has 7 nitrogen and oxygen atoms in total. The van der Waals surface area contributed by atoms with E-state index in [9.17, 15) is 19.2 Å². The van der Waals surface area contributed by atoms with Crippen LogP contribution in [-0.2, 0) is 14.3 Å². The van der Waals surface area contributed by atoms with Gasteiger partial charge in [-0.1, -0.05) is 35.0 Å². The smallest absolute Gasteiger partial charge is 0.321 e. The van der Waals surface area contributed by atoms with Gasteiger partial charge in [0, 0.05) is 22.5 Å². The molecule has 0 radical (unpaired) electrons. The minimum absolute atomic E-state index is 0.0173. The summed E-state index contributed by atoms with van der Waals surface area (Å²) >= 11 is 3.27. The number of carbonyl (C=O) groups is 4. The molecule has 1 aromatic rings. The lowest BCUT2D eigenvalue weighted by molar-refractivity contribution is -0.148. The maximum Gasteiger partial charge on any atom is 0.321 e. The van der Waals surface area contributed by atoms with Crippen molar-refractivity contribution < 1.29 is 23.9 Å². The molecule has 1 rings (SSSR count). The number of rotatable bonds is 8. The fraction of sp³-hybridized carbons (Fsp3) is 0.412. The quantitative estimate of drug-likeness (QED) is 0.504. The van der Waals surface area contributed by atoms with E-state index in [1.54, 1.807) is 31.2 Å². The van der Waals surface area contributed by atoms with Gasteiger partial charge in [0.1, 0.15) is 0 Å². The maximum atomic E-state index is 11.9. The fourth-order valence-electron chi connectivity index (χ4n) is 1.74. The molecule has 0 aliphatic rings. The molecule has 8 heteroatoms. The highest BCUT2D eigenvalue weighted by atomic mass is 79.9. The Morgan fingerprint density at radius 1 is 1.12 bits per heavy atom. The van der Waals surface area contributed by atoms with Crippen molar-refractivity contribution in [3.63, 3.8) is 0 Å². The molecule has 25 heavy (non-hydrogen) atoms. The average Bonchev–Trinajstić information content (AvgIpc) is 2.58. The van der Waals surface area contributed by atoms with E-state index in [1.165, 1.54) is 0 Å². The number of halogens is 1. The number of ketones is 1. The van der Waals surface area contributed by atoms with Crippen molar-refractivity contribution in [1.29, 1.82) is 0 Å². The highest BCUT2D eigenvalue weighted by Crippen LogP contribution is 2.12. The fourth-order valence-corrected chi connectivity index (χ4v) is 2.00. The number of urea groups is 1. The van der Waals surface area contributed by atoms with Gasteiger partial charge in [-0.2, -0.15) is 0 Å². The van der Waals surface area contributed by atoms with Crippen molar-refractivity contribution in [3.05, 3.63) is 34.3 Å². The molecule has 0 fully saturated rings. The summed E-state index contributed by atoms with van der Waals surface area (Å²) in [5, 5.41) is 4.61. The van der Waals surface area contributed by atoms with Crippen molar-refractivity contribution in [3.8, 4) is 0 Å². The van der Waals surface area contributed by atoms with Gasteiger partial charge >= 0.3 is 12.0 Å². The molecule has 136 valence electrons. The first kappa shape index (κ1) is 20.8. The van der Waals surface area contributed by atoms with Gasteiger partial charge in [-0.15, -0.1) is 0 Å². The lowest BCUT2D eigenvalue weighted by Gasteiger charge is -2.11. The summed E-state index contributed by atoms with van der Waals surface area (Å²) < 4.78 is 5.60. The third kappa shape index (κ3) is 8.44. The van der Waals surface area contributed by atoms with Crippen LogP contribution in [-0.4, -0.2) is 36.3 Å².